The quantitative estimate of drug-likeness (QED) is 0.688. The molecule has 0 aromatic heterocycles. The van der Waals surface area contributed by atoms with Crippen LogP contribution in [0.1, 0.15) is 12.8 Å². The molecule has 0 atom stereocenters. The van der Waals surface area contributed by atoms with Gasteiger partial charge in [0.05, 0.1) is 13.0 Å². The Morgan fingerprint density at radius 3 is 2.63 bits per heavy atom. The van der Waals surface area contributed by atoms with E-state index in [2.05, 4.69) is 15.9 Å². The lowest BCUT2D eigenvalue weighted by Gasteiger charge is -2.23. The molecule has 0 bridgehead atoms. The molecule has 0 spiro atoms. The largest absolute Gasteiger partial charge is 0.385 e. The zero-order chi connectivity index (χ0) is 14.1. The molecule has 1 aromatic rings. The van der Waals surface area contributed by atoms with Crippen molar-refractivity contribution in [2.75, 3.05) is 38.9 Å². The first kappa shape index (κ1) is 16.1. The molecule has 1 aromatic carbocycles. The third kappa shape index (κ3) is 5.72. The molecule has 0 aliphatic carbocycles. The van der Waals surface area contributed by atoms with Crippen molar-refractivity contribution in [3.8, 4) is 0 Å². The number of carbonyl (C=O) groups excluding carboxylic acids is 1. The first-order valence-electron chi connectivity index (χ1n) is 6.23. The van der Waals surface area contributed by atoms with E-state index in [1.807, 2.05) is 24.3 Å². The fourth-order valence-corrected chi connectivity index (χ4v) is 2.12. The summed E-state index contributed by atoms with van der Waals surface area (Å²) in [4.78, 5) is 14.0. The molecule has 106 valence electrons. The lowest BCUT2D eigenvalue weighted by atomic mass is 10.2. The third-order valence-electron chi connectivity index (χ3n) is 2.67. The van der Waals surface area contributed by atoms with Gasteiger partial charge in [-0.3, -0.25) is 4.79 Å². The summed E-state index contributed by atoms with van der Waals surface area (Å²) < 4.78 is 11.0. The Bertz CT molecular complexity index is 398. The van der Waals surface area contributed by atoms with Crippen molar-refractivity contribution in [2.24, 2.45) is 0 Å². The SMILES string of the molecule is COCCCN(C(=O)CCOC)c1cccc(Br)c1. The second-order valence-corrected chi connectivity index (χ2v) is 5.03. The number of hydrogen-bond acceptors (Lipinski definition) is 3. The highest BCUT2D eigenvalue weighted by molar-refractivity contribution is 9.10. The number of nitrogens with zero attached hydrogens (tertiary/aromatic N) is 1. The number of rotatable bonds is 8. The molecule has 0 saturated heterocycles. The summed E-state index contributed by atoms with van der Waals surface area (Å²) in [6, 6.07) is 7.74. The summed E-state index contributed by atoms with van der Waals surface area (Å²) in [5.41, 5.74) is 0.895. The Hall–Kier alpha value is -0.910. The van der Waals surface area contributed by atoms with E-state index >= 15 is 0 Å². The summed E-state index contributed by atoms with van der Waals surface area (Å²) in [5.74, 6) is 0.0658. The molecule has 0 fully saturated rings. The number of hydrogen-bond donors (Lipinski definition) is 0. The van der Waals surface area contributed by atoms with Gasteiger partial charge in [0.25, 0.3) is 0 Å². The summed E-state index contributed by atoms with van der Waals surface area (Å²) in [5, 5.41) is 0. The van der Waals surface area contributed by atoms with Crippen molar-refractivity contribution in [3.63, 3.8) is 0 Å². The normalized spacial score (nSPS) is 10.5. The summed E-state index contributed by atoms with van der Waals surface area (Å²) in [6.45, 7) is 1.72. The minimum atomic E-state index is 0.0658. The van der Waals surface area contributed by atoms with Gasteiger partial charge in [0, 0.05) is 37.5 Å². The highest BCUT2D eigenvalue weighted by atomic mass is 79.9. The molecule has 0 radical (unpaired) electrons. The van der Waals surface area contributed by atoms with Crippen molar-refractivity contribution in [3.05, 3.63) is 28.7 Å². The van der Waals surface area contributed by atoms with Gasteiger partial charge >= 0.3 is 0 Å². The molecule has 1 amide bonds. The Balaban J connectivity index is 2.76. The third-order valence-corrected chi connectivity index (χ3v) is 3.16. The Kier molecular flexibility index (Phi) is 7.70. The van der Waals surface area contributed by atoms with E-state index < -0.39 is 0 Å². The minimum absolute atomic E-state index is 0.0658. The van der Waals surface area contributed by atoms with E-state index in [9.17, 15) is 4.79 Å². The monoisotopic (exact) mass is 329 g/mol. The summed E-state index contributed by atoms with van der Waals surface area (Å²) in [7, 11) is 3.26. The number of benzene rings is 1. The molecule has 0 aliphatic heterocycles. The number of carbonyl (C=O) groups is 1. The van der Waals surface area contributed by atoms with Crippen LogP contribution in [-0.2, 0) is 14.3 Å². The number of anilines is 1. The second kappa shape index (κ2) is 9.07. The molecule has 0 unspecified atom stereocenters. The average molecular weight is 330 g/mol. The van der Waals surface area contributed by atoms with Gasteiger partial charge in [-0.15, -0.1) is 0 Å². The van der Waals surface area contributed by atoms with E-state index in [-0.39, 0.29) is 5.91 Å². The van der Waals surface area contributed by atoms with Gasteiger partial charge in [-0.1, -0.05) is 22.0 Å². The van der Waals surface area contributed by atoms with E-state index in [1.165, 1.54) is 0 Å². The standard InChI is InChI=1S/C14H20BrNO3/c1-18-9-4-8-16(14(17)7-10-19-2)13-6-3-5-12(15)11-13/h3,5-6,11H,4,7-10H2,1-2H3. The van der Waals surface area contributed by atoms with Gasteiger partial charge in [-0.05, 0) is 24.6 Å². The Morgan fingerprint density at radius 1 is 1.26 bits per heavy atom. The van der Waals surface area contributed by atoms with Gasteiger partial charge in [0.2, 0.25) is 5.91 Å². The molecule has 1 rings (SSSR count). The van der Waals surface area contributed by atoms with Crippen molar-refractivity contribution in [1.29, 1.82) is 0 Å². The van der Waals surface area contributed by atoms with Crippen molar-refractivity contribution in [1.82, 2.24) is 0 Å². The Labute approximate surface area is 122 Å². The van der Waals surface area contributed by atoms with Gasteiger partial charge in [-0.2, -0.15) is 0 Å². The number of ether oxygens (including phenoxy) is 2. The van der Waals surface area contributed by atoms with Crippen LogP contribution in [0.2, 0.25) is 0 Å². The van der Waals surface area contributed by atoms with Gasteiger partial charge in [0.1, 0.15) is 0 Å². The van der Waals surface area contributed by atoms with Gasteiger partial charge in [-0.25, -0.2) is 0 Å². The maximum Gasteiger partial charge on any atom is 0.229 e. The topological polar surface area (TPSA) is 38.8 Å². The van der Waals surface area contributed by atoms with Crippen molar-refractivity contribution >= 4 is 27.5 Å². The predicted octanol–water partition coefficient (Wildman–Crippen LogP) is 2.86. The predicted molar refractivity (Wildman–Crippen MR) is 79.5 cm³/mol. The number of halogens is 1. The van der Waals surface area contributed by atoms with Crippen LogP contribution in [0.3, 0.4) is 0 Å². The number of methoxy groups -OCH3 is 2. The van der Waals surface area contributed by atoms with E-state index in [0.29, 0.717) is 26.2 Å². The molecule has 0 aliphatic rings. The molecule has 4 nitrogen and oxygen atoms in total. The fourth-order valence-electron chi connectivity index (χ4n) is 1.73. The molecular formula is C14H20BrNO3. The van der Waals surface area contributed by atoms with Gasteiger partial charge in [0.15, 0.2) is 0 Å². The molecule has 0 saturated carbocycles. The maximum absolute atomic E-state index is 12.2. The van der Waals surface area contributed by atoms with Crippen LogP contribution in [0.4, 0.5) is 5.69 Å². The van der Waals surface area contributed by atoms with Crippen LogP contribution < -0.4 is 4.90 Å². The van der Waals surface area contributed by atoms with E-state index in [0.717, 1.165) is 16.6 Å². The first-order chi connectivity index (χ1) is 9.19. The fraction of sp³-hybridized carbons (Fsp3) is 0.500. The van der Waals surface area contributed by atoms with Gasteiger partial charge < -0.3 is 14.4 Å². The van der Waals surface area contributed by atoms with Crippen LogP contribution in [0.25, 0.3) is 0 Å². The highest BCUT2D eigenvalue weighted by Crippen LogP contribution is 2.21. The maximum atomic E-state index is 12.2. The van der Waals surface area contributed by atoms with Crippen LogP contribution >= 0.6 is 15.9 Å². The highest BCUT2D eigenvalue weighted by Gasteiger charge is 2.15. The molecular weight excluding hydrogens is 310 g/mol. The molecule has 0 heterocycles. The molecule has 19 heavy (non-hydrogen) atoms. The molecule has 5 heteroatoms. The Morgan fingerprint density at radius 2 is 2.00 bits per heavy atom. The first-order valence-corrected chi connectivity index (χ1v) is 7.02. The minimum Gasteiger partial charge on any atom is -0.385 e. The smallest absolute Gasteiger partial charge is 0.229 e. The second-order valence-electron chi connectivity index (χ2n) is 4.11. The zero-order valence-electron chi connectivity index (χ0n) is 11.4. The summed E-state index contributed by atoms with van der Waals surface area (Å²) in [6.07, 6.45) is 1.19. The van der Waals surface area contributed by atoms with E-state index in [1.54, 1.807) is 19.1 Å². The lowest BCUT2D eigenvalue weighted by Crippen LogP contribution is -2.33. The van der Waals surface area contributed by atoms with Crippen LogP contribution in [0, 0.1) is 0 Å². The lowest BCUT2D eigenvalue weighted by molar-refractivity contribution is -0.119. The van der Waals surface area contributed by atoms with Crippen LogP contribution in [0.5, 0.6) is 0 Å². The molecule has 0 N–H and O–H groups in total. The summed E-state index contributed by atoms with van der Waals surface area (Å²) >= 11 is 3.43. The number of amides is 1. The average Bonchev–Trinajstić information content (AvgIpc) is 2.41. The van der Waals surface area contributed by atoms with Crippen molar-refractivity contribution < 1.29 is 14.3 Å². The van der Waals surface area contributed by atoms with Crippen LogP contribution in [0.15, 0.2) is 28.7 Å². The van der Waals surface area contributed by atoms with Crippen molar-refractivity contribution in [2.45, 2.75) is 12.8 Å². The van der Waals surface area contributed by atoms with Crippen LogP contribution in [-0.4, -0.2) is 39.9 Å². The van der Waals surface area contributed by atoms with E-state index in [4.69, 9.17) is 9.47 Å². The zero-order valence-corrected chi connectivity index (χ0v) is 13.0.